The van der Waals surface area contributed by atoms with Crippen LogP contribution in [0.3, 0.4) is 0 Å². The zero-order valence-electron chi connectivity index (χ0n) is 11.6. The van der Waals surface area contributed by atoms with Gasteiger partial charge in [0.2, 0.25) is 5.91 Å². The fourth-order valence-electron chi connectivity index (χ4n) is 1.81. The van der Waals surface area contributed by atoms with Crippen LogP contribution in [0, 0.1) is 12.7 Å². The van der Waals surface area contributed by atoms with Crippen molar-refractivity contribution >= 4 is 33.0 Å². The largest absolute Gasteiger partial charge is 0.325 e. The van der Waals surface area contributed by atoms with Crippen molar-refractivity contribution in [2.45, 2.75) is 11.8 Å². The highest BCUT2D eigenvalue weighted by molar-refractivity contribution is 7.92. The molecule has 116 valence electrons. The summed E-state index contributed by atoms with van der Waals surface area (Å²) in [4.78, 5) is 11.9. The van der Waals surface area contributed by atoms with Gasteiger partial charge in [-0.15, -0.1) is 0 Å². The predicted octanol–water partition coefficient (Wildman–Crippen LogP) is 3.20. The molecule has 0 aliphatic heterocycles. The molecule has 0 spiro atoms. The number of hydrogen-bond acceptors (Lipinski definition) is 3. The van der Waals surface area contributed by atoms with Crippen molar-refractivity contribution in [2.75, 3.05) is 11.1 Å². The first-order valence-corrected chi connectivity index (χ1v) is 8.35. The number of nitrogens with one attached hydrogen (secondary N) is 1. The average Bonchev–Trinajstić information content (AvgIpc) is 2.42. The Labute approximate surface area is 132 Å². The maximum atomic E-state index is 13.2. The number of rotatable bonds is 4. The van der Waals surface area contributed by atoms with E-state index in [1.54, 1.807) is 6.92 Å². The van der Waals surface area contributed by atoms with E-state index in [0.717, 1.165) is 6.07 Å². The third-order valence-corrected chi connectivity index (χ3v) is 4.85. The van der Waals surface area contributed by atoms with Crippen molar-refractivity contribution in [3.05, 3.63) is 58.9 Å². The average molecular weight is 342 g/mol. The number of hydrogen-bond donors (Lipinski definition) is 1. The van der Waals surface area contributed by atoms with Crippen molar-refractivity contribution in [1.29, 1.82) is 0 Å². The molecule has 0 saturated heterocycles. The first-order chi connectivity index (χ1) is 10.3. The van der Waals surface area contributed by atoms with Crippen LogP contribution in [0.2, 0.25) is 5.02 Å². The summed E-state index contributed by atoms with van der Waals surface area (Å²) in [5.74, 6) is -1.98. The van der Waals surface area contributed by atoms with Gasteiger partial charge in [0, 0.05) is 10.7 Å². The van der Waals surface area contributed by atoms with Gasteiger partial charge in [0.05, 0.1) is 4.90 Å². The minimum absolute atomic E-state index is 0.00279. The van der Waals surface area contributed by atoms with Gasteiger partial charge in [0.15, 0.2) is 9.84 Å². The minimum Gasteiger partial charge on any atom is -0.325 e. The van der Waals surface area contributed by atoms with Crippen LogP contribution in [0.1, 0.15) is 5.56 Å². The molecule has 0 atom stereocenters. The molecule has 7 heteroatoms. The third-order valence-electron chi connectivity index (χ3n) is 2.97. The summed E-state index contributed by atoms with van der Waals surface area (Å²) in [6.45, 7) is 1.68. The minimum atomic E-state index is -3.78. The van der Waals surface area contributed by atoms with Gasteiger partial charge >= 0.3 is 0 Å². The van der Waals surface area contributed by atoms with E-state index in [4.69, 9.17) is 11.6 Å². The summed E-state index contributed by atoms with van der Waals surface area (Å²) in [7, 11) is -3.78. The molecule has 2 aromatic rings. The van der Waals surface area contributed by atoms with Crippen molar-refractivity contribution in [2.24, 2.45) is 0 Å². The van der Waals surface area contributed by atoms with Crippen LogP contribution in [0.15, 0.2) is 47.4 Å². The maximum absolute atomic E-state index is 13.2. The van der Waals surface area contributed by atoms with Crippen molar-refractivity contribution < 1.29 is 17.6 Å². The van der Waals surface area contributed by atoms with E-state index in [1.807, 2.05) is 0 Å². The highest BCUT2D eigenvalue weighted by atomic mass is 35.5. The molecular weight excluding hydrogens is 329 g/mol. The Bertz CT molecular complexity index is 804. The predicted molar refractivity (Wildman–Crippen MR) is 83.3 cm³/mol. The molecule has 0 heterocycles. The summed E-state index contributed by atoms with van der Waals surface area (Å²) >= 11 is 5.70. The van der Waals surface area contributed by atoms with E-state index >= 15 is 0 Å². The lowest BCUT2D eigenvalue weighted by Crippen LogP contribution is -2.23. The number of amides is 1. The van der Waals surface area contributed by atoms with E-state index in [0.29, 0.717) is 10.6 Å². The first-order valence-electron chi connectivity index (χ1n) is 6.32. The quantitative estimate of drug-likeness (QED) is 0.928. The Morgan fingerprint density at radius 2 is 1.82 bits per heavy atom. The molecule has 1 N–H and O–H groups in total. The number of aryl methyl sites for hydroxylation is 1. The van der Waals surface area contributed by atoms with Crippen LogP contribution < -0.4 is 5.32 Å². The topological polar surface area (TPSA) is 63.2 Å². The number of carbonyl (C=O) groups is 1. The Morgan fingerprint density at radius 3 is 2.45 bits per heavy atom. The van der Waals surface area contributed by atoms with E-state index in [2.05, 4.69) is 5.32 Å². The third kappa shape index (κ3) is 4.05. The van der Waals surface area contributed by atoms with Crippen LogP contribution >= 0.6 is 11.6 Å². The SMILES string of the molecule is Cc1ccc(F)cc1NC(=O)CS(=O)(=O)c1ccc(Cl)cc1. The van der Waals surface area contributed by atoms with E-state index < -0.39 is 27.3 Å². The van der Waals surface area contributed by atoms with Gasteiger partial charge in [-0.05, 0) is 48.9 Å². The van der Waals surface area contributed by atoms with Gasteiger partial charge in [-0.1, -0.05) is 17.7 Å². The summed E-state index contributed by atoms with van der Waals surface area (Å²) in [6, 6.07) is 9.43. The fourth-order valence-corrected chi connectivity index (χ4v) is 3.07. The standard InChI is InChI=1S/C15H13ClFNO3S/c1-10-2-5-12(17)8-14(10)18-15(19)9-22(20,21)13-6-3-11(16)4-7-13/h2-8H,9H2,1H3,(H,18,19). The summed E-state index contributed by atoms with van der Waals surface area (Å²) in [5, 5.41) is 2.81. The number of carbonyl (C=O) groups excluding carboxylic acids is 1. The van der Waals surface area contributed by atoms with Crippen LogP contribution in [0.25, 0.3) is 0 Å². The molecule has 2 rings (SSSR count). The van der Waals surface area contributed by atoms with Crippen LogP contribution in [-0.2, 0) is 14.6 Å². The summed E-state index contributed by atoms with van der Waals surface area (Å²) in [6.07, 6.45) is 0. The van der Waals surface area contributed by atoms with Gasteiger partial charge in [-0.3, -0.25) is 4.79 Å². The molecule has 0 saturated carbocycles. The monoisotopic (exact) mass is 341 g/mol. The Kier molecular flexibility index (Phi) is 4.83. The Balaban J connectivity index is 2.14. The number of sulfone groups is 1. The van der Waals surface area contributed by atoms with E-state index in [9.17, 15) is 17.6 Å². The number of benzene rings is 2. The molecule has 4 nitrogen and oxygen atoms in total. The molecule has 0 aromatic heterocycles. The first kappa shape index (κ1) is 16.5. The second-order valence-corrected chi connectivity index (χ2v) is 7.15. The molecule has 0 radical (unpaired) electrons. The zero-order chi connectivity index (χ0) is 16.3. The lowest BCUT2D eigenvalue weighted by Gasteiger charge is -2.09. The lowest BCUT2D eigenvalue weighted by atomic mass is 10.2. The van der Waals surface area contributed by atoms with E-state index in [-0.39, 0.29) is 10.6 Å². The molecule has 0 aliphatic rings. The number of halogens is 2. The van der Waals surface area contributed by atoms with Gasteiger partial charge in [0.1, 0.15) is 11.6 Å². The van der Waals surface area contributed by atoms with Gasteiger partial charge < -0.3 is 5.32 Å². The Morgan fingerprint density at radius 1 is 1.18 bits per heavy atom. The van der Waals surface area contributed by atoms with Crippen LogP contribution in [0.5, 0.6) is 0 Å². The van der Waals surface area contributed by atoms with Crippen molar-refractivity contribution in [3.63, 3.8) is 0 Å². The molecule has 0 bridgehead atoms. The zero-order valence-corrected chi connectivity index (χ0v) is 13.2. The highest BCUT2D eigenvalue weighted by Gasteiger charge is 2.19. The molecule has 0 aliphatic carbocycles. The van der Waals surface area contributed by atoms with Gasteiger partial charge in [0.25, 0.3) is 0 Å². The molecular formula is C15H13ClFNO3S. The molecule has 0 unspecified atom stereocenters. The Hall–Kier alpha value is -1.92. The highest BCUT2D eigenvalue weighted by Crippen LogP contribution is 2.18. The smallest absolute Gasteiger partial charge is 0.239 e. The fraction of sp³-hybridized carbons (Fsp3) is 0.133. The molecule has 22 heavy (non-hydrogen) atoms. The summed E-state index contributed by atoms with van der Waals surface area (Å²) < 4.78 is 37.4. The molecule has 1 amide bonds. The van der Waals surface area contributed by atoms with Gasteiger partial charge in [-0.2, -0.15) is 0 Å². The number of anilines is 1. The maximum Gasteiger partial charge on any atom is 0.239 e. The molecule has 0 fully saturated rings. The van der Waals surface area contributed by atoms with E-state index in [1.165, 1.54) is 36.4 Å². The molecule has 2 aromatic carbocycles. The van der Waals surface area contributed by atoms with Crippen molar-refractivity contribution in [1.82, 2.24) is 0 Å². The normalized spacial score (nSPS) is 11.2. The lowest BCUT2D eigenvalue weighted by molar-refractivity contribution is -0.113. The second kappa shape index (κ2) is 6.46. The van der Waals surface area contributed by atoms with Gasteiger partial charge in [-0.25, -0.2) is 12.8 Å². The van der Waals surface area contributed by atoms with Crippen LogP contribution in [-0.4, -0.2) is 20.1 Å². The second-order valence-electron chi connectivity index (χ2n) is 4.72. The summed E-state index contributed by atoms with van der Waals surface area (Å²) in [5.41, 5.74) is 0.884. The van der Waals surface area contributed by atoms with Crippen molar-refractivity contribution in [3.8, 4) is 0 Å². The van der Waals surface area contributed by atoms with Crippen LogP contribution in [0.4, 0.5) is 10.1 Å².